The van der Waals surface area contributed by atoms with Gasteiger partial charge in [0.15, 0.2) is 0 Å². The van der Waals surface area contributed by atoms with Gasteiger partial charge in [0.25, 0.3) is 0 Å². The van der Waals surface area contributed by atoms with Gasteiger partial charge in [-0.2, -0.15) is 0 Å². The van der Waals surface area contributed by atoms with E-state index < -0.39 is 6.09 Å². The SMILES string of the molecule is CCC(=O)[C@H]1CCC=C[C@H]1NC(=O)OCc1ccccc1. The van der Waals surface area contributed by atoms with Crippen molar-refractivity contribution in [2.24, 2.45) is 5.92 Å². The van der Waals surface area contributed by atoms with Crippen LogP contribution >= 0.6 is 0 Å². The van der Waals surface area contributed by atoms with E-state index >= 15 is 0 Å². The molecule has 1 N–H and O–H groups in total. The number of carbonyl (C=O) groups excluding carboxylic acids is 2. The molecule has 0 spiro atoms. The molecule has 0 aromatic heterocycles. The number of rotatable bonds is 5. The molecule has 1 aliphatic carbocycles. The monoisotopic (exact) mass is 287 g/mol. The average molecular weight is 287 g/mol. The van der Waals surface area contributed by atoms with E-state index in [1.807, 2.05) is 49.4 Å². The summed E-state index contributed by atoms with van der Waals surface area (Å²) in [5, 5.41) is 2.79. The van der Waals surface area contributed by atoms with Crippen LogP contribution in [-0.2, 0) is 16.1 Å². The summed E-state index contributed by atoms with van der Waals surface area (Å²) in [4.78, 5) is 23.8. The number of carbonyl (C=O) groups is 2. The molecular formula is C17H21NO3. The molecule has 0 aliphatic heterocycles. The molecule has 0 saturated heterocycles. The Hall–Kier alpha value is -2.10. The van der Waals surface area contributed by atoms with Crippen LogP contribution in [0.3, 0.4) is 0 Å². The molecule has 0 fully saturated rings. The lowest BCUT2D eigenvalue weighted by molar-refractivity contribution is -0.123. The normalized spacial score (nSPS) is 20.8. The average Bonchev–Trinajstić information content (AvgIpc) is 2.54. The fourth-order valence-corrected chi connectivity index (χ4v) is 2.51. The summed E-state index contributed by atoms with van der Waals surface area (Å²) in [7, 11) is 0. The molecule has 0 bridgehead atoms. The van der Waals surface area contributed by atoms with Gasteiger partial charge in [-0.15, -0.1) is 0 Å². The van der Waals surface area contributed by atoms with Crippen molar-refractivity contribution < 1.29 is 14.3 Å². The number of amides is 1. The van der Waals surface area contributed by atoms with E-state index in [1.165, 1.54) is 0 Å². The van der Waals surface area contributed by atoms with Crippen molar-refractivity contribution in [1.82, 2.24) is 5.32 Å². The van der Waals surface area contributed by atoms with Crippen molar-refractivity contribution in [3.63, 3.8) is 0 Å². The molecule has 1 aliphatic rings. The lowest BCUT2D eigenvalue weighted by Gasteiger charge is -2.26. The zero-order valence-corrected chi connectivity index (χ0v) is 12.2. The molecule has 0 heterocycles. The summed E-state index contributed by atoms with van der Waals surface area (Å²) in [5.41, 5.74) is 0.938. The van der Waals surface area contributed by atoms with E-state index in [2.05, 4.69) is 5.32 Å². The number of hydrogen-bond acceptors (Lipinski definition) is 3. The zero-order valence-electron chi connectivity index (χ0n) is 12.2. The molecule has 4 nitrogen and oxygen atoms in total. The van der Waals surface area contributed by atoms with Gasteiger partial charge in [0.1, 0.15) is 12.4 Å². The lowest BCUT2D eigenvalue weighted by atomic mass is 9.85. The molecule has 112 valence electrons. The first-order valence-corrected chi connectivity index (χ1v) is 7.37. The largest absolute Gasteiger partial charge is 0.445 e. The number of Topliss-reactive ketones (excluding diaryl/α,β-unsaturated/α-hetero) is 1. The van der Waals surface area contributed by atoms with E-state index in [9.17, 15) is 9.59 Å². The van der Waals surface area contributed by atoms with Gasteiger partial charge in [-0.3, -0.25) is 4.79 Å². The third-order valence-electron chi connectivity index (χ3n) is 3.68. The highest BCUT2D eigenvalue weighted by Crippen LogP contribution is 2.21. The third kappa shape index (κ3) is 4.45. The molecular weight excluding hydrogens is 266 g/mol. The maximum atomic E-state index is 11.9. The van der Waals surface area contributed by atoms with Crippen molar-refractivity contribution in [1.29, 1.82) is 0 Å². The Kier molecular flexibility index (Phi) is 5.55. The molecule has 1 aromatic carbocycles. The van der Waals surface area contributed by atoms with E-state index in [0.29, 0.717) is 6.42 Å². The van der Waals surface area contributed by atoms with Crippen LogP contribution in [0.5, 0.6) is 0 Å². The Balaban J connectivity index is 1.87. The van der Waals surface area contributed by atoms with E-state index in [4.69, 9.17) is 4.74 Å². The lowest BCUT2D eigenvalue weighted by Crippen LogP contribution is -2.43. The third-order valence-corrected chi connectivity index (χ3v) is 3.68. The maximum absolute atomic E-state index is 11.9. The van der Waals surface area contributed by atoms with Gasteiger partial charge in [-0.05, 0) is 18.4 Å². The van der Waals surface area contributed by atoms with Crippen molar-refractivity contribution in [3.8, 4) is 0 Å². The summed E-state index contributed by atoms with van der Waals surface area (Å²) >= 11 is 0. The van der Waals surface area contributed by atoms with Crippen LogP contribution in [0.4, 0.5) is 4.79 Å². The Bertz CT molecular complexity index is 510. The van der Waals surface area contributed by atoms with Crippen LogP contribution < -0.4 is 5.32 Å². The summed E-state index contributed by atoms with van der Waals surface area (Å²) < 4.78 is 5.20. The second-order valence-electron chi connectivity index (χ2n) is 5.16. The molecule has 0 unspecified atom stereocenters. The maximum Gasteiger partial charge on any atom is 0.407 e. The zero-order chi connectivity index (χ0) is 15.1. The quantitative estimate of drug-likeness (QED) is 0.846. The minimum atomic E-state index is -0.482. The van der Waals surface area contributed by atoms with Crippen LogP contribution in [0, 0.1) is 5.92 Å². The fraction of sp³-hybridized carbons (Fsp3) is 0.412. The predicted octanol–water partition coefficient (Wildman–Crippen LogP) is 3.23. The van der Waals surface area contributed by atoms with E-state index in [1.54, 1.807) is 0 Å². The van der Waals surface area contributed by atoms with Crippen LogP contribution in [-0.4, -0.2) is 17.9 Å². The van der Waals surface area contributed by atoms with Gasteiger partial charge in [0.05, 0.1) is 6.04 Å². The topological polar surface area (TPSA) is 55.4 Å². The first kappa shape index (κ1) is 15.3. The first-order chi connectivity index (χ1) is 10.2. The van der Waals surface area contributed by atoms with Crippen LogP contribution in [0.25, 0.3) is 0 Å². The standard InChI is InChI=1S/C17H21NO3/c1-2-16(19)14-10-6-7-11-15(14)18-17(20)21-12-13-8-4-3-5-9-13/h3-5,7-9,11,14-15H,2,6,10,12H2,1H3,(H,18,20)/t14-,15+/m0/s1. The Morgan fingerprint density at radius 3 is 2.76 bits per heavy atom. The Morgan fingerprint density at radius 2 is 2.05 bits per heavy atom. The first-order valence-electron chi connectivity index (χ1n) is 7.37. The summed E-state index contributed by atoms with van der Waals surface area (Å²) in [6.07, 6.45) is 5.58. The molecule has 2 atom stereocenters. The van der Waals surface area contributed by atoms with Crippen LogP contribution in [0.1, 0.15) is 31.7 Å². The Morgan fingerprint density at radius 1 is 1.29 bits per heavy atom. The number of alkyl carbamates (subject to hydrolysis) is 1. The van der Waals surface area contributed by atoms with Gasteiger partial charge in [-0.25, -0.2) is 4.79 Å². The van der Waals surface area contributed by atoms with E-state index in [0.717, 1.165) is 18.4 Å². The minimum absolute atomic E-state index is 0.135. The smallest absolute Gasteiger partial charge is 0.407 e. The molecule has 21 heavy (non-hydrogen) atoms. The van der Waals surface area contributed by atoms with Crippen molar-refractivity contribution >= 4 is 11.9 Å². The highest BCUT2D eigenvalue weighted by atomic mass is 16.5. The second kappa shape index (κ2) is 7.62. The van der Waals surface area contributed by atoms with Crippen LogP contribution in [0.2, 0.25) is 0 Å². The Labute approximate surface area is 125 Å². The molecule has 4 heteroatoms. The van der Waals surface area contributed by atoms with Crippen molar-refractivity contribution in [2.75, 3.05) is 0 Å². The van der Waals surface area contributed by atoms with Gasteiger partial charge >= 0.3 is 6.09 Å². The minimum Gasteiger partial charge on any atom is -0.445 e. The summed E-state index contributed by atoms with van der Waals surface area (Å²) in [6, 6.07) is 9.26. The number of nitrogens with one attached hydrogen (secondary N) is 1. The van der Waals surface area contributed by atoms with Crippen molar-refractivity contribution in [3.05, 3.63) is 48.0 Å². The van der Waals surface area contributed by atoms with Crippen LogP contribution in [0.15, 0.2) is 42.5 Å². The second-order valence-corrected chi connectivity index (χ2v) is 5.16. The van der Waals surface area contributed by atoms with Gasteiger partial charge in [0, 0.05) is 12.3 Å². The number of benzene rings is 1. The predicted molar refractivity (Wildman–Crippen MR) is 80.7 cm³/mol. The summed E-state index contributed by atoms with van der Waals surface area (Å²) in [5.74, 6) is 0.0528. The van der Waals surface area contributed by atoms with Gasteiger partial charge in [-0.1, -0.05) is 49.4 Å². The molecule has 1 amide bonds. The number of hydrogen-bond donors (Lipinski definition) is 1. The van der Waals surface area contributed by atoms with Gasteiger partial charge < -0.3 is 10.1 Å². The molecule has 2 rings (SSSR count). The highest BCUT2D eigenvalue weighted by molar-refractivity contribution is 5.82. The number of ether oxygens (including phenoxy) is 1. The number of allylic oxidation sites excluding steroid dienone is 1. The molecule has 0 radical (unpaired) electrons. The van der Waals surface area contributed by atoms with Gasteiger partial charge in [0.2, 0.25) is 0 Å². The fourth-order valence-electron chi connectivity index (χ4n) is 2.51. The van der Waals surface area contributed by atoms with Crippen molar-refractivity contribution in [2.45, 2.75) is 38.8 Å². The highest BCUT2D eigenvalue weighted by Gasteiger charge is 2.28. The molecule has 0 saturated carbocycles. The molecule has 1 aromatic rings. The summed E-state index contributed by atoms with van der Waals surface area (Å²) in [6.45, 7) is 2.08. The van der Waals surface area contributed by atoms with E-state index in [-0.39, 0.29) is 24.3 Å². The number of ketones is 1.